The number of aromatic nitrogens is 1. The van der Waals surface area contributed by atoms with Gasteiger partial charge in [-0.25, -0.2) is 4.39 Å². The van der Waals surface area contributed by atoms with E-state index in [9.17, 15) is 14.3 Å². The Balaban J connectivity index is 1.67. The van der Waals surface area contributed by atoms with E-state index in [4.69, 9.17) is 0 Å². The van der Waals surface area contributed by atoms with E-state index in [1.165, 1.54) is 23.9 Å². The van der Waals surface area contributed by atoms with Gasteiger partial charge in [0.05, 0.1) is 11.9 Å². The van der Waals surface area contributed by atoms with Crippen molar-refractivity contribution < 1.29 is 14.3 Å². The number of benzene rings is 1. The van der Waals surface area contributed by atoms with Crippen LogP contribution in [0.4, 0.5) is 4.39 Å². The molecular formula is C16H19FN2O2S. The number of aliphatic hydroxyl groups excluding tert-OH is 1. The average Bonchev–Trinajstić information content (AvgIpc) is 2.93. The van der Waals surface area contributed by atoms with E-state index >= 15 is 0 Å². The van der Waals surface area contributed by atoms with Crippen molar-refractivity contribution in [2.24, 2.45) is 7.05 Å². The van der Waals surface area contributed by atoms with E-state index in [1.54, 1.807) is 12.1 Å². The molecule has 2 rings (SSSR count). The van der Waals surface area contributed by atoms with Crippen molar-refractivity contribution in [3.8, 4) is 0 Å². The third-order valence-corrected chi connectivity index (χ3v) is 4.26. The van der Waals surface area contributed by atoms with Crippen LogP contribution < -0.4 is 5.32 Å². The van der Waals surface area contributed by atoms with Gasteiger partial charge in [-0.1, -0.05) is 0 Å². The van der Waals surface area contributed by atoms with Crippen LogP contribution in [-0.4, -0.2) is 27.9 Å². The Morgan fingerprint density at radius 3 is 2.73 bits per heavy atom. The molecule has 0 aliphatic carbocycles. The first-order chi connectivity index (χ1) is 10.6. The molecule has 1 amide bonds. The number of rotatable bonds is 7. The molecule has 0 aliphatic rings. The van der Waals surface area contributed by atoms with Crippen molar-refractivity contribution >= 4 is 17.7 Å². The van der Waals surface area contributed by atoms with Crippen molar-refractivity contribution in [3.63, 3.8) is 0 Å². The number of thioether (sulfide) groups is 1. The Morgan fingerprint density at radius 2 is 2.09 bits per heavy atom. The van der Waals surface area contributed by atoms with Gasteiger partial charge in [-0.05, 0) is 42.8 Å². The standard InChI is InChI=1S/C16H19FN2O2S/c1-19-10-2-3-14(19)15(20)8-9-18-16(21)11-22-13-6-4-12(17)5-7-13/h2-7,10,15,20H,8-9,11H2,1H3,(H,18,21). The molecule has 118 valence electrons. The average molecular weight is 322 g/mol. The normalized spacial score (nSPS) is 12.1. The predicted octanol–water partition coefficient (Wildman–Crippen LogP) is 2.50. The van der Waals surface area contributed by atoms with Crippen LogP contribution in [0, 0.1) is 5.82 Å². The SMILES string of the molecule is Cn1cccc1C(O)CCNC(=O)CSc1ccc(F)cc1. The fraction of sp³-hybridized carbons (Fsp3) is 0.312. The lowest BCUT2D eigenvalue weighted by Gasteiger charge is -2.12. The molecule has 1 unspecified atom stereocenters. The van der Waals surface area contributed by atoms with Crippen LogP contribution in [0.15, 0.2) is 47.5 Å². The van der Waals surface area contributed by atoms with Gasteiger partial charge in [0.15, 0.2) is 0 Å². The van der Waals surface area contributed by atoms with Crippen LogP contribution in [0.2, 0.25) is 0 Å². The first kappa shape index (κ1) is 16.6. The quantitative estimate of drug-likeness (QED) is 0.770. The van der Waals surface area contributed by atoms with Gasteiger partial charge in [0.2, 0.25) is 5.91 Å². The largest absolute Gasteiger partial charge is 0.387 e. The second kappa shape index (κ2) is 8.00. The predicted molar refractivity (Wildman–Crippen MR) is 85.1 cm³/mol. The fourth-order valence-corrected chi connectivity index (χ4v) is 2.78. The molecule has 0 radical (unpaired) electrons. The minimum absolute atomic E-state index is 0.103. The maximum Gasteiger partial charge on any atom is 0.230 e. The molecule has 0 fully saturated rings. The van der Waals surface area contributed by atoms with Gasteiger partial charge in [-0.2, -0.15) is 0 Å². The van der Waals surface area contributed by atoms with Crippen molar-refractivity contribution in [3.05, 3.63) is 54.1 Å². The number of nitrogens with one attached hydrogen (secondary N) is 1. The highest BCUT2D eigenvalue weighted by atomic mass is 32.2. The highest BCUT2D eigenvalue weighted by Gasteiger charge is 2.11. The van der Waals surface area contributed by atoms with Gasteiger partial charge in [-0.15, -0.1) is 11.8 Å². The molecule has 0 aliphatic heterocycles. The molecule has 1 aromatic carbocycles. The third-order valence-electron chi connectivity index (χ3n) is 3.25. The molecule has 1 aromatic heterocycles. The van der Waals surface area contributed by atoms with Crippen LogP contribution in [0.5, 0.6) is 0 Å². The first-order valence-electron chi connectivity index (χ1n) is 7.00. The van der Waals surface area contributed by atoms with Gasteiger partial charge in [-0.3, -0.25) is 4.79 Å². The first-order valence-corrected chi connectivity index (χ1v) is 7.99. The minimum Gasteiger partial charge on any atom is -0.387 e. The molecule has 22 heavy (non-hydrogen) atoms. The highest BCUT2D eigenvalue weighted by molar-refractivity contribution is 8.00. The minimum atomic E-state index is -0.593. The summed E-state index contributed by atoms with van der Waals surface area (Å²) in [5.41, 5.74) is 0.829. The molecule has 4 nitrogen and oxygen atoms in total. The van der Waals surface area contributed by atoms with Gasteiger partial charge in [0.1, 0.15) is 5.82 Å². The lowest BCUT2D eigenvalue weighted by Crippen LogP contribution is -2.27. The monoisotopic (exact) mass is 322 g/mol. The fourth-order valence-electron chi connectivity index (χ4n) is 2.05. The van der Waals surface area contributed by atoms with Crippen LogP contribution in [0.25, 0.3) is 0 Å². The molecule has 0 bridgehead atoms. The lowest BCUT2D eigenvalue weighted by atomic mass is 10.2. The van der Waals surface area contributed by atoms with Crippen molar-refractivity contribution in [1.82, 2.24) is 9.88 Å². The summed E-state index contributed by atoms with van der Waals surface area (Å²) in [5.74, 6) is -0.122. The van der Waals surface area contributed by atoms with Gasteiger partial charge < -0.3 is 15.0 Å². The van der Waals surface area contributed by atoms with E-state index in [0.29, 0.717) is 13.0 Å². The maximum absolute atomic E-state index is 12.8. The zero-order valence-corrected chi connectivity index (χ0v) is 13.1. The van der Waals surface area contributed by atoms with Crippen LogP contribution >= 0.6 is 11.8 Å². The van der Waals surface area contributed by atoms with Crippen LogP contribution in [-0.2, 0) is 11.8 Å². The van der Waals surface area contributed by atoms with E-state index in [2.05, 4.69) is 5.32 Å². The van der Waals surface area contributed by atoms with E-state index in [0.717, 1.165) is 10.6 Å². The number of aryl methyl sites for hydroxylation is 1. The molecule has 1 atom stereocenters. The van der Waals surface area contributed by atoms with E-state index in [1.807, 2.05) is 29.9 Å². The van der Waals surface area contributed by atoms with Gasteiger partial charge >= 0.3 is 0 Å². The molecule has 1 heterocycles. The Hall–Kier alpha value is -1.79. The van der Waals surface area contributed by atoms with Crippen molar-refractivity contribution in [1.29, 1.82) is 0 Å². The lowest BCUT2D eigenvalue weighted by molar-refractivity contribution is -0.118. The Labute approximate surface area is 133 Å². The van der Waals surface area contributed by atoms with E-state index < -0.39 is 6.10 Å². The molecule has 6 heteroatoms. The summed E-state index contributed by atoms with van der Waals surface area (Å²) in [6, 6.07) is 9.76. The van der Waals surface area contributed by atoms with Crippen LogP contribution in [0.1, 0.15) is 18.2 Å². The number of carbonyl (C=O) groups excluding carboxylic acids is 1. The number of nitrogens with zero attached hydrogens (tertiary/aromatic N) is 1. The Kier molecular flexibility index (Phi) is 6.03. The Morgan fingerprint density at radius 1 is 1.36 bits per heavy atom. The zero-order chi connectivity index (χ0) is 15.9. The maximum atomic E-state index is 12.8. The number of halogens is 1. The number of hydrogen-bond acceptors (Lipinski definition) is 3. The Bertz CT molecular complexity index is 613. The van der Waals surface area contributed by atoms with Crippen LogP contribution in [0.3, 0.4) is 0 Å². The number of hydrogen-bond donors (Lipinski definition) is 2. The summed E-state index contributed by atoms with van der Waals surface area (Å²) in [4.78, 5) is 12.6. The van der Waals surface area contributed by atoms with Crippen molar-refractivity contribution in [2.75, 3.05) is 12.3 Å². The summed E-state index contributed by atoms with van der Waals surface area (Å²) in [6.45, 7) is 0.412. The number of aliphatic hydroxyl groups is 1. The summed E-state index contributed by atoms with van der Waals surface area (Å²) in [7, 11) is 1.87. The second-order valence-corrected chi connectivity index (χ2v) is 5.99. The summed E-state index contributed by atoms with van der Waals surface area (Å²) < 4.78 is 14.6. The second-order valence-electron chi connectivity index (χ2n) is 4.94. The molecule has 0 saturated carbocycles. The summed E-state index contributed by atoms with van der Waals surface area (Å²) in [5, 5.41) is 12.8. The summed E-state index contributed by atoms with van der Waals surface area (Å²) in [6.07, 6.45) is 1.74. The van der Waals surface area contributed by atoms with E-state index in [-0.39, 0.29) is 17.5 Å². The molecule has 2 N–H and O–H groups in total. The molecule has 0 spiro atoms. The summed E-state index contributed by atoms with van der Waals surface area (Å²) >= 11 is 1.35. The topological polar surface area (TPSA) is 54.3 Å². The smallest absolute Gasteiger partial charge is 0.230 e. The van der Waals surface area contributed by atoms with Gasteiger partial charge in [0.25, 0.3) is 0 Å². The molecule has 2 aromatic rings. The highest BCUT2D eigenvalue weighted by Crippen LogP contribution is 2.18. The van der Waals surface area contributed by atoms with Crippen molar-refractivity contribution in [2.45, 2.75) is 17.4 Å². The third kappa shape index (κ3) is 4.89. The zero-order valence-electron chi connectivity index (χ0n) is 12.3. The van der Waals surface area contributed by atoms with Gasteiger partial charge in [0, 0.05) is 30.4 Å². The number of amides is 1. The number of carbonyl (C=O) groups is 1. The molecular weight excluding hydrogens is 303 g/mol. The molecule has 0 saturated heterocycles.